The monoisotopic (exact) mass is 983 g/mol. The first-order valence-corrected chi connectivity index (χ1v) is 28.3. The average molecular weight is 983 g/mol. The molecule has 4 aromatic carbocycles. The standard InChI is InChI=1S/C64H90N2O6/c1-7-13-19-25-39-67-55-33-37-59(69-41-27-21-15-9-3)57(47-55)53(49-65)45-51-31-35-62(72-44-30-24-18-12-6)64-52(32-36-61(63(51)64)71-43-29-23-17-11-5)46-54(50-66)58-48-56(68-40-26-20-14-8-2)34-38-60(58)70-42-28-22-16-10-4/h31-38,45-48H,7-30,39-44H2,1-6H3/b53-45+,54-46+. The van der Waals surface area contributed by atoms with Crippen molar-refractivity contribution in [2.24, 2.45) is 0 Å². The number of nitriles is 2. The van der Waals surface area contributed by atoms with E-state index in [4.69, 9.17) is 28.4 Å². The molecule has 0 fully saturated rings. The summed E-state index contributed by atoms with van der Waals surface area (Å²) in [4.78, 5) is 0. The zero-order valence-corrected chi connectivity index (χ0v) is 45.5. The molecular weight excluding hydrogens is 893 g/mol. The molecule has 0 N–H and O–H groups in total. The summed E-state index contributed by atoms with van der Waals surface area (Å²) >= 11 is 0. The largest absolute Gasteiger partial charge is 0.494 e. The fourth-order valence-electron chi connectivity index (χ4n) is 8.77. The van der Waals surface area contributed by atoms with Crippen molar-refractivity contribution in [2.75, 3.05) is 39.6 Å². The van der Waals surface area contributed by atoms with Gasteiger partial charge < -0.3 is 28.4 Å². The summed E-state index contributed by atoms with van der Waals surface area (Å²) in [5, 5.41) is 23.9. The smallest absolute Gasteiger partial charge is 0.128 e. The van der Waals surface area contributed by atoms with E-state index in [0.717, 1.165) is 163 Å². The molecule has 0 bridgehead atoms. The van der Waals surface area contributed by atoms with E-state index in [9.17, 15) is 10.5 Å². The van der Waals surface area contributed by atoms with Crippen LogP contribution in [0.5, 0.6) is 34.5 Å². The summed E-state index contributed by atoms with van der Waals surface area (Å²) in [7, 11) is 0. The topological polar surface area (TPSA) is 103 Å². The van der Waals surface area contributed by atoms with Gasteiger partial charge in [0, 0.05) is 21.9 Å². The minimum Gasteiger partial charge on any atom is -0.494 e. The van der Waals surface area contributed by atoms with E-state index >= 15 is 0 Å². The molecular formula is C64H90N2O6. The Balaban J connectivity index is 1.98. The van der Waals surface area contributed by atoms with E-state index in [0.29, 0.717) is 96.4 Å². The Bertz CT molecular complexity index is 2140. The molecule has 0 aliphatic carbocycles. The van der Waals surface area contributed by atoms with Crippen molar-refractivity contribution >= 4 is 34.1 Å². The Morgan fingerprint density at radius 3 is 0.917 bits per heavy atom. The summed E-state index contributed by atoms with van der Waals surface area (Å²) in [5.74, 6) is 4.12. The Morgan fingerprint density at radius 1 is 0.347 bits per heavy atom. The van der Waals surface area contributed by atoms with Crippen LogP contribution in [0.15, 0.2) is 60.7 Å². The molecule has 0 aromatic heterocycles. The van der Waals surface area contributed by atoms with Gasteiger partial charge in [0.15, 0.2) is 0 Å². The highest BCUT2D eigenvalue weighted by Gasteiger charge is 2.20. The van der Waals surface area contributed by atoms with Crippen LogP contribution in [0.25, 0.3) is 34.1 Å². The second kappa shape index (κ2) is 36.3. The molecule has 0 aliphatic rings. The Kier molecular flexibility index (Phi) is 29.8. The second-order valence-electron chi connectivity index (χ2n) is 19.2. The van der Waals surface area contributed by atoms with Crippen molar-refractivity contribution in [2.45, 2.75) is 196 Å². The predicted molar refractivity (Wildman–Crippen MR) is 302 cm³/mol. The molecule has 0 radical (unpaired) electrons. The molecule has 8 heteroatoms. The zero-order valence-electron chi connectivity index (χ0n) is 45.5. The van der Waals surface area contributed by atoms with E-state index in [2.05, 4.69) is 53.7 Å². The minimum absolute atomic E-state index is 0.448. The third kappa shape index (κ3) is 20.5. The van der Waals surface area contributed by atoms with Gasteiger partial charge in [0.25, 0.3) is 0 Å². The molecule has 392 valence electrons. The zero-order chi connectivity index (χ0) is 51.4. The molecule has 0 heterocycles. The summed E-state index contributed by atoms with van der Waals surface area (Å²) in [5.41, 5.74) is 3.86. The van der Waals surface area contributed by atoms with E-state index in [1.807, 2.05) is 72.8 Å². The van der Waals surface area contributed by atoms with E-state index in [1.54, 1.807) is 0 Å². The van der Waals surface area contributed by atoms with E-state index in [1.165, 1.54) is 12.8 Å². The van der Waals surface area contributed by atoms with Crippen molar-refractivity contribution in [3.63, 3.8) is 0 Å². The maximum Gasteiger partial charge on any atom is 0.128 e. The number of benzene rings is 4. The number of hydrogen-bond donors (Lipinski definition) is 0. The fourth-order valence-corrected chi connectivity index (χ4v) is 8.77. The van der Waals surface area contributed by atoms with Gasteiger partial charge in [-0.3, -0.25) is 0 Å². The van der Waals surface area contributed by atoms with Crippen molar-refractivity contribution in [1.82, 2.24) is 0 Å². The van der Waals surface area contributed by atoms with Crippen molar-refractivity contribution in [3.8, 4) is 46.6 Å². The summed E-state index contributed by atoms with van der Waals surface area (Å²) < 4.78 is 39.0. The van der Waals surface area contributed by atoms with Crippen LogP contribution in [0.3, 0.4) is 0 Å². The van der Waals surface area contributed by atoms with Gasteiger partial charge in [-0.2, -0.15) is 10.5 Å². The number of fused-ring (bicyclic) bond motifs is 1. The van der Waals surface area contributed by atoms with Gasteiger partial charge in [-0.1, -0.05) is 169 Å². The lowest BCUT2D eigenvalue weighted by Crippen LogP contribution is -2.03. The Hall–Kier alpha value is -5.60. The average Bonchev–Trinajstić information content (AvgIpc) is 3.40. The van der Waals surface area contributed by atoms with Gasteiger partial charge in [-0.25, -0.2) is 0 Å². The van der Waals surface area contributed by atoms with Crippen molar-refractivity contribution in [1.29, 1.82) is 10.5 Å². The van der Waals surface area contributed by atoms with Gasteiger partial charge in [0.05, 0.1) is 62.9 Å². The lowest BCUT2D eigenvalue weighted by molar-refractivity contribution is 0.296. The van der Waals surface area contributed by atoms with E-state index in [-0.39, 0.29) is 0 Å². The van der Waals surface area contributed by atoms with Gasteiger partial charge in [-0.05, 0) is 110 Å². The molecule has 0 spiro atoms. The molecule has 4 rings (SSSR count). The minimum atomic E-state index is 0.448. The SMILES string of the molecule is CCCCCCOc1ccc(OCCCCCC)c(/C(C#N)=C/c2ccc(OCCCCCC)c3c(/C=C(\C#N)c4cc(OCCCCCC)ccc4OCCCCCC)ccc(OCCCCCC)c23)c1. The highest BCUT2D eigenvalue weighted by molar-refractivity contribution is 6.09. The first kappa shape index (κ1) is 59.0. The van der Waals surface area contributed by atoms with Crippen LogP contribution in [0, 0.1) is 22.7 Å². The van der Waals surface area contributed by atoms with Gasteiger partial charge >= 0.3 is 0 Å². The predicted octanol–water partition coefficient (Wildman–Crippen LogP) is 18.7. The van der Waals surface area contributed by atoms with Crippen LogP contribution in [-0.4, -0.2) is 39.6 Å². The van der Waals surface area contributed by atoms with Crippen LogP contribution in [0.1, 0.15) is 218 Å². The molecule has 0 unspecified atom stereocenters. The number of nitrogens with zero attached hydrogens (tertiary/aromatic N) is 2. The highest BCUT2D eigenvalue weighted by Crippen LogP contribution is 2.43. The van der Waals surface area contributed by atoms with Crippen LogP contribution in [0.2, 0.25) is 0 Å². The molecule has 0 saturated heterocycles. The summed E-state index contributed by atoms with van der Waals surface area (Å²) in [6.07, 6.45) is 29.9. The van der Waals surface area contributed by atoms with Crippen LogP contribution in [0.4, 0.5) is 0 Å². The van der Waals surface area contributed by atoms with Gasteiger partial charge in [-0.15, -0.1) is 0 Å². The summed E-state index contributed by atoms with van der Waals surface area (Å²) in [6.45, 7) is 16.7. The summed E-state index contributed by atoms with van der Waals surface area (Å²) in [6, 6.07) is 24.9. The second-order valence-corrected chi connectivity index (χ2v) is 19.2. The van der Waals surface area contributed by atoms with Crippen LogP contribution < -0.4 is 28.4 Å². The van der Waals surface area contributed by atoms with Gasteiger partial charge in [0.2, 0.25) is 0 Å². The number of ether oxygens (including phenoxy) is 6. The molecule has 0 atom stereocenters. The number of rotatable bonds is 40. The molecule has 0 aliphatic heterocycles. The Morgan fingerprint density at radius 2 is 0.625 bits per heavy atom. The first-order valence-electron chi connectivity index (χ1n) is 28.3. The number of allylic oxidation sites excluding steroid dienone is 2. The maximum atomic E-state index is 11.1. The lowest BCUT2D eigenvalue weighted by Gasteiger charge is -2.19. The van der Waals surface area contributed by atoms with Gasteiger partial charge in [0.1, 0.15) is 34.5 Å². The van der Waals surface area contributed by atoms with Crippen molar-refractivity contribution < 1.29 is 28.4 Å². The van der Waals surface area contributed by atoms with Crippen molar-refractivity contribution in [3.05, 3.63) is 82.9 Å². The third-order valence-electron chi connectivity index (χ3n) is 13.0. The normalized spacial score (nSPS) is 11.6. The highest BCUT2D eigenvalue weighted by atomic mass is 16.5. The molecule has 0 amide bonds. The Labute approximate surface area is 436 Å². The number of hydrogen-bond acceptors (Lipinski definition) is 8. The number of unbranched alkanes of at least 4 members (excludes halogenated alkanes) is 18. The third-order valence-corrected chi connectivity index (χ3v) is 13.0. The molecule has 0 saturated carbocycles. The maximum absolute atomic E-state index is 11.1. The van der Waals surface area contributed by atoms with Crippen LogP contribution >= 0.6 is 0 Å². The molecule has 72 heavy (non-hydrogen) atoms. The first-order chi connectivity index (χ1) is 35.5. The molecule has 4 aromatic rings. The lowest BCUT2D eigenvalue weighted by atomic mass is 9.93. The fraction of sp³-hybridized carbons (Fsp3) is 0.562. The molecule has 8 nitrogen and oxygen atoms in total. The van der Waals surface area contributed by atoms with E-state index < -0.39 is 0 Å². The quantitative estimate of drug-likeness (QED) is 0.0247. The van der Waals surface area contributed by atoms with Crippen LogP contribution in [-0.2, 0) is 0 Å².